The van der Waals surface area contributed by atoms with Crippen LogP contribution in [0.1, 0.15) is 37.9 Å². The van der Waals surface area contributed by atoms with Gasteiger partial charge in [0.1, 0.15) is 6.61 Å². The molecule has 0 aliphatic carbocycles. The van der Waals surface area contributed by atoms with Crippen molar-refractivity contribution in [1.29, 1.82) is 0 Å². The lowest BCUT2D eigenvalue weighted by molar-refractivity contribution is -0.125. The molecule has 0 aliphatic heterocycles. The van der Waals surface area contributed by atoms with E-state index in [0.29, 0.717) is 18.1 Å². The van der Waals surface area contributed by atoms with Crippen molar-refractivity contribution in [1.82, 2.24) is 10.3 Å². The van der Waals surface area contributed by atoms with Gasteiger partial charge in [-0.1, -0.05) is 6.07 Å². The molecule has 0 saturated carbocycles. The van der Waals surface area contributed by atoms with Gasteiger partial charge in [-0.15, -0.1) is 0 Å². The molecule has 1 aromatic heterocycles. The van der Waals surface area contributed by atoms with Crippen LogP contribution in [0.25, 0.3) is 0 Å². The number of aromatic nitrogens is 1. The topological polar surface area (TPSA) is 86.5 Å². The van der Waals surface area contributed by atoms with Crippen LogP contribution in [-0.2, 0) is 11.4 Å². The number of hydrogen-bond donors (Lipinski definition) is 2. The van der Waals surface area contributed by atoms with Gasteiger partial charge in [0.15, 0.2) is 11.5 Å². The first kappa shape index (κ1) is 18.7. The second-order valence-corrected chi connectivity index (χ2v) is 6.47. The zero-order valence-corrected chi connectivity index (χ0v) is 15.1. The predicted octanol–water partition coefficient (Wildman–Crippen LogP) is 2.58. The van der Waals surface area contributed by atoms with E-state index in [4.69, 9.17) is 15.2 Å². The number of carbonyl (C=O) groups is 1. The van der Waals surface area contributed by atoms with Gasteiger partial charge in [-0.2, -0.15) is 0 Å². The quantitative estimate of drug-likeness (QED) is 0.807. The summed E-state index contributed by atoms with van der Waals surface area (Å²) in [5.41, 5.74) is 6.82. The van der Waals surface area contributed by atoms with Gasteiger partial charge in [-0.25, -0.2) is 0 Å². The van der Waals surface area contributed by atoms with Crippen molar-refractivity contribution in [3.05, 3.63) is 53.9 Å². The van der Waals surface area contributed by atoms with Crippen LogP contribution in [0.15, 0.2) is 42.7 Å². The third-order valence-electron chi connectivity index (χ3n) is 3.76. The van der Waals surface area contributed by atoms with Crippen molar-refractivity contribution in [2.75, 3.05) is 7.11 Å². The van der Waals surface area contributed by atoms with Crippen LogP contribution >= 0.6 is 0 Å². The molecular weight excluding hydrogens is 318 g/mol. The van der Waals surface area contributed by atoms with Gasteiger partial charge < -0.3 is 20.5 Å². The van der Waals surface area contributed by atoms with Crippen molar-refractivity contribution < 1.29 is 14.3 Å². The summed E-state index contributed by atoms with van der Waals surface area (Å²) in [5, 5.41) is 2.90. The molecule has 0 aliphatic rings. The Kier molecular flexibility index (Phi) is 5.98. The van der Waals surface area contributed by atoms with E-state index >= 15 is 0 Å². The van der Waals surface area contributed by atoms with E-state index in [1.165, 1.54) is 0 Å². The summed E-state index contributed by atoms with van der Waals surface area (Å²) in [4.78, 5) is 16.0. The van der Waals surface area contributed by atoms with E-state index in [0.717, 1.165) is 11.1 Å². The average molecular weight is 343 g/mol. The van der Waals surface area contributed by atoms with E-state index in [2.05, 4.69) is 10.3 Å². The lowest BCUT2D eigenvalue weighted by Gasteiger charge is -2.22. The lowest BCUT2D eigenvalue weighted by Crippen LogP contribution is -2.49. The summed E-state index contributed by atoms with van der Waals surface area (Å²) in [7, 11) is 1.59. The van der Waals surface area contributed by atoms with Crippen LogP contribution < -0.4 is 20.5 Å². The van der Waals surface area contributed by atoms with Crippen LogP contribution in [0.2, 0.25) is 0 Å². The Morgan fingerprint density at radius 3 is 2.52 bits per heavy atom. The van der Waals surface area contributed by atoms with Gasteiger partial charge in [0.2, 0.25) is 5.91 Å². The predicted molar refractivity (Wildman–Crippen MR) is 96.4 cm³/mol. The number of benzene rings is 1. The number of rotatable bonds is 7. The number of amides is 1. The van der Waals surface area contributed by atoms with Crippen molar-refractivity contribution in [2.24, 2.45) is 5.73 Å². The molecule has 1 atom stereocenters. The van der Waals surface area contributed by atoms with Crippen LogP contribution in [0.5, 0.6) is 11.5 Å². The summed E-state index contributed by atoms with van der Waals surface area (Å²) in [6.45, 7) is 5.67. The average Bonchev–Trinajstić information content (AvgIpc) is 2.59. The highest BCUT2D eigenvalue weighted by atomic mass is 16.5. The SMILES string of the molecule is COc1cc(C(C)NC(=O)C(C)(C)N)ccc1OCc1ccncc1. The van der Waals surface area contributed by atoms with Gasteiger partial charge in [0.05, 0.1) is 18.7 Å². The van der Waals surface area contributed by atoms with E-state index < -0.39 is 5.54 Å². The van der Waals surface area contributed by atoms with Crippen LogP contribution in [0.4, 0.5) is 0 Å². The Labute approximate surface area is 148 Å². The van der Waals surface area contributed by atoms with E-state index in [1.54, 1.807) is 33.4 Å². The summed E-state index contributed by atoms with van der Waals surface area (Å²) in [6, 6.07) is 9.19. The third-order valence-corrected chi connectivity index (χ3v) is 3.76. The lowest BCUT2D eigenvalue weighted by atomic mass is 10.0. The fraction of sp³-hybridized carbons (Fsp3) is 0.368. The maximum atomic E-state index is 12.0. The van der Waals surface area contributed by atoms with Gasteiger partial charge >= 0.3 is 0 Å². The smallest absolute Gasteiger partial charge is 0.239 e. The van der Waals surface area contributed by atoms with Crippen LogP contribution in [0.3, 0.4) is 0 Å². The first-order valence-corrected chi connectivity index (χ1v) is 8.10. The Hall–Kier alpha value is -2.60. The molecule has 0 bridgehead atoms. The standard InChI is InChI=1S/C19H25N3O3/c1-13(22-18(23)19(2,3)20)15-5-6-16(17(11-15)24-4)25-12-14-7-9-21-10-8-14/h5-11,13H,12,20H2,1-4H3,(H,22,23). The number of ether oxygens (including phenoxy) is 2. The van der Waals surface area contributed by atoms with Crippen molar-refractivity contribution >= 4 is 5.91 Å². The number of methoxy groups -OCH3 is 1. The molecule has 134 valence electrons. The second-order valence-electron chi connectivity index (χ2n) is 6.47. The van der Waals surface area contributed by atoms with Crippen molar-refractivity contribution in [3.8, 4) is 11.5 Å². The summed E-state index contributed by atoms with van der Waals surface area (Å²) in [6.07, 6.45) is 3.45. The molecule has 1 aromatic carbocycles. The number of carbonyl (C=O) groups excluding carboxylic acids is 1. The van der Waals surface area contributed by atoms with Gasteiger partial charge in [0, 0.05) is 12.4 Å². The molecule has 0 spiro atoms. The normalized spacial score (nSPS) is 12.4. The molecule has 0 fully saturated rings. The molecule has 6 heteroatoms. The van der Waals surface area contributed by atoms with Crippen LogP contribution in [-0.4, -0.2) is 23.5 Å². The third kappa shape index (κ3) is 5.19. The minimum absolute atomic E-state index is 0.196. The maximum absolute atomic E-state index is 12.0. The van der Waals surface area contributed by atoms with Gasteiger partial charge in [-0.05, 0) is 56.2 Å². The fourth-order valence-electron chi connectivity index (χ4n) is 2.18. The highest BCUT2D eigenvalue weighted by molar-refractivity contribution is 5.85. The zero-order chi connectivity index (χ0) is 18.4. The molecule has 2 rings (SSSR count). The number of pyridine rings is 1. The van der Waals surface area contributed by atoms with Crippen LogP contribution in [0, 0.1) is 0 Å². The largest absolute Gasteiger partial charge is 0.493 e. The van der Waals surface area contributed by atoms with E-state index in [-0.39, 0.29) is 11.9 Å². The minimum atomic E-state index is -0.925. The molecule has 1 unspecified atom stereocenters. The highest BCUT2D eigenvalue weighted by Crippen LogP contribution is 2.31. The Bertz CT molecular complexity index is 712. The van der Waals surface area contributed by atoms with Gasteiger partial charge in [0.25, 0.3) is 0 Å². The number of nitrogens with zero attached hydrogens (tertiary/aromatic N) is 1. The summed E-state index contributed by atoms with van der Waals surface area (Å²) >= 11 is 0. The Morgan fingerprint density at radius 1 is 1.24 bits per heavy atom. The summed E-state index contributed by atoms with van der Waals surface area (Å²) in [5.74, 6) is 1.04. The molecule has 2 aromatic rings. The molecule has 1 heterocycles. The molecular formula is C19H25N3O3. The molecule has 6 nitrogen and oxygen atoms in total. The fourth-order valence-corrected chi connectivity index (χ4v) is 2.18. The molecule has 0 saturated heterocycles. The first-order valence-electron chi connectivity index (χ1n) is 8.10. The number of nitrogens with one attached hydrogen (secondary N) is 1. The maximum Gasteiger partial charge on any atom is 0.239 e. The monoisotopic (exact) mass is 343 g/mol. The molecule has 1 amide bonds. The molecule has 3 N–H and O–H groups in total. The minimum Gasteiger partial charge on any atom is -0.493 e. The summed E-state index contributed by atoms with van der Waals surface area (Å²) < 4.78 is 11.2. The van der Waals surface area contributed by atoms with Crippen molar-refractivity contribution in [2.45, 2.75) is 39.0 Å². The van der Waals surface area contributed by atoms with Crippen molar-refractivity contribution in [3.63, 3.8) is 0 Å². The van der Waals surface area contributed by atoms with Gasteiger partial charge in [-0.3, -0.25) is 9.78 Å². The first-order chi connectivity index (χ1) is 11.8. The highest BCUT2D eigenvalue weighted by Gasteiger charge is 2.24. The van der Waals surface area contributed by atoms with E-state index in [9.17, 15) is 4.79 Å². The Morgan fingerprint density at radius 2 is 1.92 bits per heavy atom. The number of hydrogen-bond acceptors (Lipinski definition) is 5. The Balaban J connectivity index is 2.09. The molecule has 0 radical (unpaired) electrons. The number of nitrogens with two attached hydrogens (primary N) is 1. The van der Waals surface area contributed by atoms with E-state index in [1.807, 2.05) is 37.3 Å². The second kappa shape index (κ2) is 7.98. The zero-order valence-electron chi connectivity index (χ0n) is 15.1. The molecule has 25 heavy (non-hydrogen) atoms.